The Morgan fingerprint density at radius 2 is 1.43 bits per heavy atom. The van der Waals surface area contributed by atoms with Crippen molar-refractivity contribution in [3.05, 3.63) is 12.2 Å². The van der Waals surface area contributed by atoms with Gasteiger partial charge in [0.15, 0.2) is 0 Å². The topological polar surface area (TPSA) is 3.24 Å². The average molecular weight is 195 g/mol. The molecule has 82 valence electrons. The third-order valence-electron chi connectivity index (χ3n) is 2.70. The molecule has 0 N–H and O–H groups in total. The van der Waals surface area contributed by atoms with Gasteiger partial charge in [-0.25, -0.2) is 0 Å². The highest BCUT2D eigenvalue weighted by Crippen LogP contribution is 2.19. The van der Waals surface area contributed by atoms with Gasteiger partial charge < -0.3 is 0 Å². The maximum absolute atomic E-state index is 2.68. The predicted molar refractivity (Wildman–Crippen MR) is 63.4 cm³/mol. The Kier molecular flexibility index (Phi) is 4.67. The van der Waals surface area contributed by atoms with Crippen molar-refractivity contribution in [2.24, 2.45) is 11.8 Å². The second kappa shape index (κ2) is 5.55. The van der Waals surface area contributed by atoms with E-state index in [1.165, 1.54) is 25.9 Å². The van der Waals surface area contributed by atoms with Crippen molar-refractivity contribution in [2.45, 2.75) is 46.6 Å². The number of hydrogen-bond donors (Lipinski definition) is 0. The maximum Gasteiger partial charge on any atom is 0.0164 e. The van der Waals surface area contributed by atoms with E-state index < -0.39 is 0 Å². The molecule has 0 aliphatic heterocycles. The number of nitrogens with zero attached hydrogens (tertiary/aromatic N) is 1. The van der Waals surface area contributed by atoms with Crippen LogP contribution in [-0.4, -0.2) is 24.0 Å². The lowest BCUT2D eigenvalue weighted by Crippen LogP contribution is -2.38. The standard InChI is InChI=1S/C13H25N/c1-11(2)9-14(10-12(3)4)13-7-5-6-8-13/h5-6,11-13H,7-10H2,1-4H3. The summed E-state index contributed by atoms with van der Waals surface area (Å²) in [7, 11) is 0. The molecule has 0 radical (unpaired) electrons. The van der Waals surface area contributed by atoms with Crippen LogP contribution in [0.4, 0.5) is 0 Å². The molecule has 0 heterocycles. The Hall–Kier alpha value is -0.300. The summed E-state index contributed by atoms with van der Waals surface area (Å²) >= 11 is 0. The molecule has 0 aromatic rings. The normalized spacial score (nSPS) is 17.9. The van der Waals surface area contributed by atoms with Gasteiger partial charge in [-0.05, 0) is 24.7 Å². The van der Waals surface area contributed by atoms with Crippen LogP contribution in [0.3, 0.4) is 0 Å². The quantitative estimate of drug-likeness (QED) is 0.608. The van der Waals surface area contributed by atoms with E-state index in [-0.39, 0.29) is 0 Å². The first-order chi connectivity index (χ1) is 6.59. The molecule has 0 saturated carbocycles. The largest absolute Gasteiger partial charge is 0.299 e. The molecule has 1 rings (SSSR count). The van der Waals surface area contributed by atoms with Crippen molar-refractivity contribution in [3.8, 4) is 0 Å². The summed E-state index contributed by atoms with van der Waals surface area (Å²) < 4.78 is 0. The van der Waals surface area contributed by atoms with Crippen molar-refractivity contribution < 1.29 is 0 Å². The van der Waals surface area contributed by atoms with Gasteiger partial charge in [0.25, 0.3) is 0 Å². The zero-order valence-corrected chi connectivity index (χ0v) is 10.2. The van der Waals surface area contributed by atoms with Crippen LogP contribution in [0, 0.1) is 11.8 Å². The fourth-order valence-corrected chi connectivity index (χ4v) is 2.21. The third kappa shape index (κ3) is 3.83. The van der Waals surface area contributed by atoms with Crippen LogP contribution >= 0.6 is 0 Å². The smallest absolute Gasteiger partial charge is 0.0164 e. The van der Waals surface area contributed by atoms with Gasteiger partial charge in [-0.3, -0.25) is 4.90 Å². The first-order valence-electron chi connectivity index (χ1n) is 5.98. The van der Waals surface area contributed by atoms with Crippen molar-refractivity contribution in [3.63, 3.8) is 0 Å². The monoisotopic (exact) mass is 195 g/mol. The van der Waals surface area contributed by atoms with Crippen molar-refractivity contribution in [1.82, 2.24) is 4.90 Å². The van der Waals surface area contributed by atoms with Gasteiger partial charge in [-0.1, -0.05) is 39.8 Å². The van der Waals surface area contributed by atoms with E-state index in [4.69, 9.17) is 0 Å². The summed E-state index contributed by atoms with van der Waals surface area (Å²) in [6, 6.07) is 0.791. The molecule has 1 aliphatic carbocycles. The van der Waals surface area contributed by atoms with E-state index in [1.54, 1.807) is 0 Å². The van der Waals surface area contributed by atoms with Crippen LogP contribution < -0.4 is 0 Å². The van der Waals surface area contributed by atoms with Gasteiger partial charge in [-0.15, -0.1) is 0 Å². The van der Waals surface area contributed by atoms with E-state index >= 15 is 0 Å². The summed E-state index contributed by atoms with van der Waals surface area (Å²) in [6.45, 7) is 11.8. The minimum atomic E-state index is 0.786. The van der Waals surface area contributed by atoms with Crippen LogP contribution in [-0.2, 0) is 0 Å². The number of hydrogen-bond acceptors (Lipinski definition) is 1. The van der Waals surface area contributed by atoms with Crippen LogP contribution in [0.25, 0.3) is 0 Å². The van der Waals surface area contributed by atoms with E-state index in [2.05, 4.69) is 44.7 Å². The SMILES string of the molecule is CC(C)CN(CC(C)C)C1CC=CC1. The average Bonchev–Trinajstić information content (AvgIpc) is 2.52. The molecule has 0 fully saturated rings. The summed E-state index contributed by atoms with van der Waals surface area (Å²) in [5.41, 5.74) is 0. The minimum Gasteiger partial charge on any atom is -0.299 e. The molecule has 0 bridgehead atoms. The highest BCUT2D eigenvalue weighted by molar-refractivity contribution is 4.98. The van der Waals surface area contributed by atoms with Crippen LogP contribution in [0.15, 0.2) is 12.2 Å². The van der Waals surface area contributed by atoms with E-state index in [0.717, 1.165) is 17.9 Å². The lowest BCUT2D eigenvalue weighted by atomic mass is 10.1. The second-order valence-corrected chi connectivity index (χ2v) is 5.34. The van der Waals surface area contributed by atoms with Gasteiger partial charge in [0.2, 0.25) is 0 Å². The summed E-state index contributed by atoms with van der Waals surface area (Å²) in [5, 5.41) is 0. The van der Waals surface area contributed by atoms with Gasteiger partial charge in [0, 0.05) is 19.1 Å². The maximum atomic E-state index is 2.68. The van der Waals surface area contributed by atoms with E-state index in [1.807, 2.05) is 0 Å². The lowest BCUT2D eigenvalue weighted by molar-refractivity contribution is 0.162. The zero-order chi connectivity index (χ0) is 10.6. The van der Waals surface area contributed by atoms with Crippen molar-refractivity contribution in [1.29, 1.82) is 0 Å². The van der Waals surface area contributed by atoms with Gasteiger partial charge >= 0.3 is 0 Å². The lowest BCUT2D eigenvalue weighted by Gasteiger charge is -2.31. The Morgan fingerprint density at radius 1 is 1.00 bits per heavy atom. The summed E-state index contributed by atoms with van der Waals surface area (Å²) in [5.74, 6) is 1.57. The number of rotatable bonds is 5. The molecule has 0 spiro atoms. The van der Waals surface area contributed by atoms with Crippen molar-refractivity contribution >= 4 is 0 Å². The van der Waals surface area contributed by atoms with Crippen LogP contribution in [0.1, 0.15) is 40.5 Å². The Balaban J connectivity index is 2.43. The molecule has 0 unspecified atom stereocenters. The molecule has 1 nitrogen and oxygen atoms in total. The Labute approximate surface area is 89.2 Å². The second-order valence-electron chi connectivity index (χ2n) is 5.34. The third-order valence-corrected chi connectivity index (χ3v) is 2.70. The molecule has 0 atom stereocenters. The van der Waals surface area contributed by atoms with E-state index in [9.17, 15) is 0 Å². The summed E-state index contributed by atoms with van der Waals surface area (Å²) in [4.78, 5) is 2.68. The fourth-order valence-electron chi connectivity index (χ4n) is 2.21. The zero-order valence-electron chi connectivity index (χ0n) is 10.2. The molecule has 0 aromatic carbocycles. The molecular weight excluding hydrogens is 170 g/mol. The van der Waals surface area contributed by atoms with Crippen molar-refractivity contribution in [2.75, 3.05) is 13.1 Å². The van der Waals surface area contributed by atoms with Gasteiger partial charge in [-0.2, -0.15) is 0 Å². The molecule has 0 saturated heterocycles. The predicted octanol–water partition coefficient (Wildman–Crippen LogP) is 3.32. The van der Waals surface area contributed by atoms with E-state index in [0.29, 0.717) is 0 Å². The molecule has 14 heavy (non-hydrogen) atoms. The first kappa shape index (κ1) is 11.8. The molecular formula is C13H25N. The van der Waals surface area contributed by atoms with Crippen LogP contribution in [0.5, 0.6) is 0 Å². The first-order valence-corrected chi connectivity index (χ1v) is 5.98. The highest BCUT2D eigenvalue weighted by atomic mass is 15.2. The Bertz CT molecular complexity index is 164. The molecule has 0 aromatic heterocycles. The van der Waals surface area contributed by atoms with Crippen LogP contribution in [0.2, 0.25) is 0 Å². The minimum absolute atomic E-state index is 0.786. The van der Waals surface area contributed by atoms with Gasteiger partial charge in [0.1, 0.15) is 0 Å². The Morgan fingerprint density at radius 3 is 1.79 bits per heavy atom. The van der Waals surface area contributed by atoms with Gasteiger partial charge in [0.05, 0.1) is 0 Å². The summed E-state index contributed by atoms with van der Waals surface area (Å²) in [6.07, 6.45) is 7.19. The highest BCUT2D eigenvalue weighted by Gasteiger charge is 2.20. The molecule has 1 heteroatoms. The molecule has 1 aliphatic rings. The fraction of sp³-hybridized carbons (Fsp3) is 0.846. The molecule has 0 amide bonds.